The largest absolute Gasteiger partial charge is 0.455 e. The van der Waals surface area contributed by atoms with Crippen LogP contribution in [0.3, 0.4) is 0 Å². The van der Waals surface area contributed by atoms with E-state index >= 15 is 0 Å². The quantitative estimate of drug-likeness (QED) is 0.200. The molecule has 0 N–H and O–H groups in total. The Bertz CT molecular complexity index is 2390. The van der Waals surface area contributed by atoms with Crippen LogP contribution in [0.5, 0.6) is 0 Å². The summed E-state index contributed by atoms with van der Waals surface area (Å²) in [5, 5.41) is 10.0. The van der Waals surface area contributed by atoms with Crippen LogP contribution in [0.15, 0.2) is 150 Å². The van der Waals surface area contributed by atoms with Crippen molar-refractivity contribution in [2.45, 2.75) is 12.8 Å². The van der Waals surface area contributed by atoms with Crippen molar-refractivity contribution >= 4 is 65.4 Å². The molecular weight excluding hydrogens is 520 g/mol. The van der Waals surface area contributed by atoms with Crippen LogP contribution in [0.1, 0.15) is 24.0 Å². The molecule has 0 bridgehead atoms. The Morgan fingerprint density at radius 3 is 1.88 bits per heavy atom. The number of hydrogen-bond acceptors (Lipinski definition) is 1. The first-order valence-electron chi connectivity index (χ1n) is 15.1. The summed E-state index contributed by atoms with van der Waals surface area (Å²) < 4.78 is 6.54. The van der Waals surface area contributed by atoms with Gasteiger partial charge in [0.1, 0.15) is 11.2 Å². The second-order valence-electron chi connectivity index (χ2n) is 11.5. The lowest BCUT2D eigenvalue weighted by Crippen LogP contribution is -1.99. The maximum absolute atomic E-state index is 6.54. The molecule has 0 aliphatic heterocycles. The van der Waals surface area contributed by atoms with Crippen LogP contribution in [0.4, 0.5) is 0 Å². The Kier molecular flexibility index (Phi) is 5.39. The Morgan fingerprint density at radius 1 is 0.488 bits per heavy atom. The van der Waals surface area contributed by atoms with E-state index in [1.54, 1.807) is 0 Å². The van der Waals surface area contributed by atoms with Crippen LogP contribution in [0.2, 0.25) is 0 Å². The SMILES string of the molecule is C1=CC(c2cccc3c2oc2ccccc23)=C(c2c3ccccc3c(-c3ccc4ccccc4c3)c3ccccc23)CC1. The van der Waals surface area contributed by atoms with Gasteiger partial charge in [0.05, 0.1) is 0 Å². The number of fused-ring (bicyclic) bond motifs is 6. The van der Waals surface area contributed by atoms with Crippen molar-refractivity contribution in [1.29, 1.82) is 0 Å². The van der Waals surface area contributed by atoms with Crippen molar-refractivity contribution in [2.24, 2.45) is 0 Å². The first kappa shape index (κ1) is 24.2. The van der Waals surface area contributed by atoms with Gasteiger partial charge in [-0.05, 0) is 85.1 Å². The van der Waals surface area contributed by atoms with E-state index in [2.05, 4.69) is 140 Å². The number of hydrogen-bond donors (Lipinski definition) is 0. The summed E-state index contributed by atoms with van der Waals surface area (Å²) in [5.74, 6) is 0. The summed E-state index contributed by atoms with van der Waals surface area (Å²) in [5.41, 5.74) is 9.58. The minimum absolute atomic E-state index is 0.933. The lowest BCUT2D eigenvalue weighted by molar-refractivity contribution is 0.668. The molecule has 202 valence electrons. The Morgan fingerprint density at radius 2 is 1.12 bits per heavy atom. The molecule has 7 aromatic carbocycles. The van der Waals surface area contributed by atoms with Crippen molar-refractivity contribution in [3.63, 3.8) is 0 Å². The van der Waals surface area contributed by atoms with Gasteiger partial charge in [-0.15, -0.1) is 0 Å². The predicted molar refractivity (Wildman–Crippen MR) is 183 cm³/mol. The lowest BCUT2D eigenvalue weighted by atomic mass is 9.80. The molecule has 0 atom stereocenters. The molecule has 0 radical (unpaired) electrons. The zero-order valence-corrected chi connectivity index (χ0v) is 23.7. The Balaban J connectivity index is 1.38. The molecular formula is C42H28O. The van der Waals surface area contributed by atoms with Crippen molar-refractivity contribution < 1.29 is 4.42 Å². The van der Waals surface area contributed by atoms with Crippen molar-refractivity contribution in [2.75, 3.05) is 0 Å². The molecule has 0 spiro atoms. The van der Waals surface area contributed by atoms with E-state index in [1.807, 2.05) is 6.07 Å². The van der Waals surface area contributed by atoms with Crippen molar-refractivity contribution in [3.05, 3.63) is 157 Å². The molecule has 9 rings (SSSR count). The van der Waals surface area contributed by atoms with E-state index in [4.69, 9.17) is 4.42 Å². The fourth-order valence-corrected chi connectivity index (χ4v) is 7.24. The second kappa shape index (κ2) is 9.58. The van der Waals surface area contributed by atoms with Gasteiger partial charge in [0.2, 0.25) is 0 Å². The smallest absolute Gasteiger partial charge is 0.143 e. The lowest BCUT2D eigenvalue weighted by Gasteiger charge is -2.23. The highest BCUT2D eigenvalue weighted by atomic mass is 16.3. The standard InChI is InChI=1S/C42H28O/c1-2-13-28-26-29(25-24-27(28)12-1)40-33-17-5-7-19-35(33)41(36-20-8-6-18-34(36)40)32-16-4-3-14-30(32)37-21-11-22-38-31-15-9-10-23-39(31)43-42(37)38/h1-3,5-15,17-26H,4,16H2. The van der Waals surface area contributed by atoms with Gasteiger partial charge >= 0.3 is 0 Å². The molecule has 43 heavy (non-hydrogen) atoms. The number of furan rings is 1. The van der Waals surface area contributed by atoms with Crippen molar-refractivity contribution in [3.8, 4) is 11.1 Å². The third-order valence-corrected chi connectivity index (χ3v) is 9.14. The van der Waals surface area contributed by atoms with Crippen LogP contribution in [0, 0.1) is 0 Å². The molecule has 1 aliphatic rings. The molecule has 1 heteroatoms. The van der Waals surface area contributed by atoms with E-state index in [9.17, 15) is 0 Å². The second-order valence-corrected chi connectivity index (χ2v) is 11.5. The zero-order valence-electron chi connectivity index (χ0n) is 23.7. The summed E-state index contributed by atoms with van der Waals surface area (Å²) in [7, 11) is 0. The van der Waals surface area contributed by atoms with E-state index in [0.717, 1.165) is 35.0 Å². The van der Waals surface area contributed by atoms with Gasteiger partial charge in [0.15, 0.2) is 0 Å². The summed E-state index contributed by atoms with van der Waals surface area (Å²) in [6.07, 6.45) is 6.63. The van der Waals surface area contributed by atoms with Crippen LogP contribution in [-0.4, -0.2) is 0 Å². The van der Waals surface area contributed by atoms with Gasteiger partial charge in [-0.3, -0.25) is 0 Å². The van der Waals surface area contributed by atoms with Crippen LogP contribution in [0.25, 0.3) is 76.5 Å². The molecule has 0 unspecified atom stereocenters. The number of benzene rings is 7. The molecule has 1 aliphatic carbocycles. The predicted octanol–water partition coefficient (Wildman–Crippen LogP) is 12.0. The normalized spacial score (nSPS) is 13.7. The topological polar surface area (TPSA) is 13.1 Å². The number of para-hydroxylation sites is 2. The average Bonchev–Trinajstić information content (AvgIpc) is 3.46. The molecule has 8 aromatic rings. The van der Waals surface area contributed by atoms with E-state index < -0.39 is 0 Å². The van der Waals surface area contributed by atoms with Gasteiger partial charge in [-0.1, -0.05) is 133 Å². The van der Waals surface area contributed by atoms with Gasteiger partial charge < -0.3 is 4.42 Å². The van der Waals surface area contributed by atoms with E-state index in [-0.39, 0.29) is 0 Å². The van der Waals surface area contributed by atoms with Crippen LogP contribution >= 0.6 is 0 Å². The van der Waals surface area contributed by atoms with Crippen LogP contribution < -0.4 is 0 Å². The molecule has 0 amide bonds. The molecule has 0 saturated carbocycles. The summed E-state index contributed by atoms with van der Waals surface area (Å²) in [6.45, 7) is 0. The van der Waals surface area contributed by atoms with Gasteiger partial charge in [0, 0.05) is 16.3 Å². The van der Waals surface area contributed by atoms with Gasteiger partial charge in [0.25, 0.3) is 0 Å². The van der Waals surface area contributed by atoms with Crippen molar-refractivity contribution in [1.82, 2.24) is 0 Å². The fraction of sp³-hybridized carbons (Fsp3) is 0.0476. The minimum atomic E-state index is 0.933. The Labute approximate surface area is 250 Å². The van der Waals surface area contributed by atoms with E-state index in [0.29, 0.717) is 0 Å². The highest BCUT2D eigenvalue weighted by Gasteiger charge is 2.23. The third kappa shape index (κ3) is 3.72. The maximum atomic E-state index is 6.54. The van der Waals surface area contributed by atoms with Crippen LogP contribution in [-0.2, 0) is 0 Å². The Hall–Kier alpha value is -5.40. The monoisotopic (exact) mass is 548 g/mol. The minimum Gasteiger partial charge on any atom is -0.455 e. The third-order valence-electron chi connectivity index (χ3n) is 9.14. The number of rotatable bonds is 3. The highest BCUT2D eigenvalue weighted by molar-refractivity contribution is 6.22. The molecule has 0 saturated heterocycles. The molecule has 0 fully saturated rings. The highest BCUT2D eigenvalue weighted by Crippen LogP contribution is 2.47. The maximum Gasteiger partial charge on any atom is 0.143 e. The molecule has 1 heterocycles. The zero-order chi connectivity index (χ0) is 28.3. The number of allylic oxidation sites excluding steroid dienone is 4. The van der Waals surface area contributed by atoms with Gasteiger partial charge in [-0.25, -0.2) is 0 Å². The average molecular weight is 549 g/mol. The summed E-state index contributed by atoms with van der Waals surface area (Å²) >= 11 is 0. The van der Waals surface area contributed by atoms with Gasteiger partial charge in [-0.2, -0.15) is 0 Å². The van der Waals surface area contributed by atoms with E-state index in [1.165, 1.54) is 65.5 Å². The first-order valence-corrected chi connectivity index (χ1v) is 15.1. The summed E-state index contributed by atoms with van der Waals surface area (Å²) in [6, 6.07) is 48.4. The first-order chi connectivity index (χ1) is 21.3. The summed E-state index contributed by atoms with van der Waals surface area (Å²) in [4.78, 5) is 0. The molecule has 1 nitrogen and oxygen atoms in total. The fourth-order valence-electron chi connectivity index (χ4n) is 7.24. The molecule has 1 aromatic heterocycles.